The fourth-order valence-electron chi connectivity index (χ4n) is 2.72. The van der Waals surface area contributed by atoms with E-state index in [4.69, 9.17) is 0 Å². The number of hydrogen-bond acceptors (Lipinski definition) is 4. The Hall–Kier alpha value is -2.87. The van der Waals surface area contributed by atoms with Crippen molar-refractivity contribution in [2.75, 3.05) is 11.1 Å². The Kier molecular flexibility index (Phi) is 6.22. The number of alkyl halides is 3. The minimum Gasteiger partial charge on any atom is -0.325 e. The van der Waals surface area contributed by atoms with E-state index in [2.05, 4.69) is 21.6 Å². The average Bonchev–Trinajstić information content (AvgIpc) is 2.67. The molecule has 0 aliphatic rings. The first-order valence-corrected chi connectivity index (χ1v) is 9.72. The minimum atomic E-state index is -4.40. The molecule has 4 nitrogen and oxygen atoms in total. The summed E-state index contributed by atoms with van der Waals surface area (Å²) in [6, 6.07) is 14.0. The van der Waals surface area contributed by atoms with Crippen molar-refractivity contribution in [3.63, 3.8) is 0 Å². The van der Waals surface area contributed by atoms with E-state index in [0.717, 1.165) is 29.0 Å². The molecule has 0 saturated carbocycles. The fourth-order valence-corrected chi connectivity index (χ4v) is 3.33. The molecule has 1 amide bonds. The van der Waals surface area contributed by atoms with Crippen molar-refractivity contribution < 1.29 is 18.0 Å². The van der Waals surface area contributed by atoms with E-state index in [1.165, 1.54) is 29.5 Å². The maximum atomic E-state index is 12.6. The van der Waals surface area contributed by atoms with E-state index < -0.39 is 11.7 Å². The Labute approximate surface area is 170 Å². The number of benzene rings is 2. The molecule has 1 N–H and O–H groups in total. The van der Waals surface area contributed by atoms with Gasteiger partial charge in [0.05, 0.1) is 17.0 Å². The summed E-state index contributed by atoms with van der Waals surface area (Å²) < 4.78 is 37.7. The first-order chi connectivity index (χ1) is 13.7. The van der Waals surface area contributed by atoms with Gasteiger partial charge in [0, 0.05) is 11.3 Å². The van der Waals surface area contributed by atoms with Crippen LogP contribution in [0, 0.1) is 13.8 Å². The number of hydrogen-bond donors (Lipinski definition) is 1. The molecule has 0 atom stereocenters. The summed E-state index contributed by atoms with van der Waals surface area (Å²) >= 11 is 1.20. The third-order valence-corrected chi connectivity index (χ3v) is 5.07. The number of carbonyl (C=O) groups excluding carboxylic acids is 1. The zero-order valence-corrected chi connectivity index (χ0v) is 16.6. The molecule has 1 aromatic heterocycles. The summed E-state index contributed by atoms with van der Waals surface area (Å²) in [6.45, 7) is 4.04. The van der Waals surface area contributed by atoms with Gasteiger partial charge in [-0.25, -0.2) is 0 Å². The van der Waals surface area contributed by atoms with Crippen molar-refractivity contribution in [1.29, 1.82) is 0 Å². The smallest absolute Gasteiger partial charge is 0.325 e. The first kappa shape index (κ1) is 20.9. The summed E-state index contributed by atoms with van der Waals surface area (Å²) in [5, 5.41) is 11.5. The van der Waals surface area contributed by atoms with Crippen LogP contribution < -0.4 is 5.32 Å². The number of rotatable bonds is 5. The lowest BCUT2D eigenvalue weighted by Crippen LogP contribution is -2.14. The number of amides is 1. The molecule has 0 spiro atoms. The Morgan fingerprint density at radius 1 is 1.00 bits per heavy atom. The van der Waals surface area contributed by atoms with Crippen molar-refractivity contribution in [3.8, 4) is 11.3 Å². The Bertz CT molecular complexity index is 1000. The van der Waals surface area contributed by atoms with Crippen LogP contribution >= 0.6 is 11.8 Å². The van der Waals surface area contributed by atoms with Gasteiger partial charge in [0.15, 0.2) is 0 Å². The molecule has 0 unspecified atom stereocenters. The third-order valence-electron chi connectivity index (χ3n) is 4.15. The topological polar surface area (TPSA) is 54.9 Å². The second-order valence-corrected chi connectivity index (χ2v) is 7.48. The van der Waals surface area contributed by atoms with Crippen molar-refractivity contribution in [3.05, 3.63) is 71.3 Å². The van der Waals surface area contributed by atoms with Gasteiger partial charge >= 0.3 is 6.18 Å². The molecule has 0 radical (unpaired) electrons. The van der Waals surface area contributed by atoms with Crippen LogP contribution in [-0.2, 0) is 11.0 Å². The highest BCUT2D eigenvalue weighted by Gasteiger charge is 2.29. The zero-order chi connectivity index (χ0) is 21.0. The lowest BCUT2D eigenvalue weighted by molar-refractivity contribution is -0.137. The highest BCUT2D eigenvalue weighted by Crippen LogP contribution is 2.30. The molecule has 0 fully saturated rings. The Balaban J connectivity index is 1.56. The largest absolute Gasteiger partial charge is 0.416 e. The number of anilines is 1. The van der Waals surface area contributed by atoms with E-state index in [-0.39, 0.29) is 11.7 Å². The van der Waals surface area contributed by atoms with Crippen LogP contribution in [0.5, 0.6) is 0 Å². The first-order valence-electron chi connectivity index (χ1n) is 8.73. The van der Waals surface area contributed by atoms with Crippen LogP contribution in [0.1, 0.15) is 16.7 Å². The van der Waals surface area contributed by atoms with Crippen molar-refractivity contribution >= 4 is 23.4 Å². The van der Waals surface area contributed by atoms with Gasteiger partial charge < -0.3 is 5.32 Å². The molecule has 3 aromatic rings. The number of carbonyl (C=O) groups is 1. The number of thioether (sulfide) groups is 1. The van der Waals surface area contributed by atoms with Crippen molar-refractivity contribution in [2.24, 2.45) is 0 Å². The van der Waals surface area contributed by atoms with Gasteiger partial charge in [0.1, 0.15) is 5.03 Å². The number of nitrogens with zero attached hydrogens (tertiary/aromatic N) is 2. The van der Waals surface area contributed by atoms with E-state index in [9.17, 15) is 18.0 Å². The van der Waals surface area contributed by atoms with Crippen LogP contribution in [0.2, 0.25) is 0 Å². The Morgan fingerprint density at radius 2 is 1.72 bits per heavy atom. The Morgan fingerprint density at radius 3 is 2.31 bits per heavy atom. The van der Waals surface area contributed by atoms with Gasteiger partial charge in [0.25, 0.3) is 0 Å². The second-order valence-electron chi connectivity index (χ2n) is 6.49. The van der Waals surface area contributed by atoms with Crippen molar-refractivity contribution in [1.82, 2.24) is 10.2 Å². The number of aromatic nitrogens is 2. The van der Waals surface area contributed by atoms with E-state index in [1.807, 2.05) is 32.0 Å². The quantitative estimate of drug-likeness (QED) is 0.556. The van der Waals surface area contributed by atoms with Gasteiger partial charge in [-0.15, -0.1) is 10.2 Å². The summed E-state index contributed by atoms with van der Waals surface area (Å²) in [5.41, 5.74) is 3.57. The minimum absolute atomic E-state index is 0.0681. The van der Waals surface area contributed by atoms with Crippen LogP contribution in [0.25, 0.3) is 11.3 Å². The van der Waals surface area contributed by atoms with Crippen molar-refractivity contribution in [2.45, 2.75) is 25.0 Å². The number of aryl methyl sites for hydroxylation is 2. The van der Waals surface area contributed by atoms with Crippen LogP contribution in [0.4, 0.5) is 18.9 Å². The van der Waals surface area contributed by atoms with Gasteiger partial charge in [-0.05, 0) is 55.8 Å². The van der Waals surface area contributed by atoms with Crippen LogP contribution in [0.3, 0.4) is 0 Å². The number of halogens is 3. The highest BCUT2D eigenvalue weighted by molar-refractivity contribution is 7.99. The SMILES string of the molecule is Cc1ccc(-c2ccc(SCC(=O)Nc3ccc(C(F)(F)F)cc3)nn2)c(C)c1. The van der Waals surface area contributed by atoms with Gasteiger partial charge in [-0.3, -0.25) is 4.79 Å². The predicted molar refractivity (Wildman–Crippen MR) is 108 cm³/mol. The van der Waals surface area contributed by atoms with E-state index >= 15 is 0 Å². The van der Waals surface area contributed by atoms with Gasteiger partial charge in [-0.1, -0.05) is 35.5 Å². The fraction of sp³-hybridized carbons (Fsp3) is 0.190. The summed E-state index contributed by atoms with van der Waals surface area (Å²) in [4.78, 5) is 12.0. The standard InChI is InChI=1S/C21H18F3N3OS/c1-13-3-8-17(14(2)11-13)18-9-10-20(27-26-18)29-12-19(28)25-16-6-4-15(5-7-16)21(22,23)24/h3-11H,12H2,1-2H3,(H,25,28). The second kappa shape index (κ2) is 8.65. The van der Waals surface area contributed by atoms with E-state index in [1.54, 1.807) is 6.07 Å². The maximum Gasteiger partial charge on any atom is 0.416 e. The predicted octanol–water partition coefficient (Wildman–Crippen LogP) is 5.51. The molecular weight excluding hydrogens is 399 g/mol. The van der Waals surface area contributed by atoms with Crippen LogP contribution in [0.15, 0.2) is 59.6 Å². The average molecular weight is 417 g/mol. The summed E-state index contributed by atoms with van der Waals surface area (Å²) in [7, 11) is 0. The molecule has 0 saturated heterocycles. The lowest BCUT2D eigenvalue weighted by atomic mass is 10.0. The van der Waals surface area contributed by atoms with Crippen LogP contribution in [-0.4, -0.2) is 21.9 Å². The van der Waals surface area contributed by atoms with Gasteiger partial charge in [0.2, 0.25) is 5.91 Å². The molecule has 0 aliphatic heterocycles. The molecule has 1 heterocycles. The summed E-state index contributed by atoms with van der Waals surface area (Å²) in [6.07, 6.45) is -4.40. The maximum absolute atomic E-state index is 12.6. The molecule has 0 aliphatic carbocycles. The monoisotopic (exact) mass is 417 g/mol. The van der Waals surface area contributed by atoms with Gasteiger partial charge in [-0.2, -0.15) is 13.2 Å². The highest BCUT2D eigenvalue weighted by atomic mass is 32.2. The molecule has 2 aromatic carbocycles. The third kappa shape index (κ3) is 5.57. The zero-order valence-electron chi connectivity index (χ0n) is 15.7. The summed E-state index contributed by atoms with van der Waals surface area (Å²) in [5.74, 6) is -0.270. The molecular formula is C21H18F3N3OS. The normalized spacial score (nSPS) is 11.3. The number of nitrogens with one attached hydrogen (secondary N) is 1. The molecule has 0 bridgehead atoms. The molecule has 29 heavy (non-hydrogen) atoms. The lowest BCUT2D eigenvalue weighted by Gasteiger charge is -2.09. The molecule has 3 rings (SSSR count). The molecule has 8 heteroatoms. The molecule has 150 valence electrons. The van der Waals surface area contributed by atoms with E-state index in [0.29, 0.717) is 10.7 Å².